The molecule has 2 fully saturated rings. The Morgan fingerprint density at radius 2 is 1.43 bits per heavy atom. The average molecular weight is 340 g/mol. The highest BCUT2D eigenvalue weighted by atomic mass is 16.6. The minimum atomic E-state index is -2.67. The molecule has 0 aromatic heterocycles. The summed E-state index contributed by atoms with van der Waals surface area (Å²) < 4.78 is 10.3. The SMILES string of the molecule is N[C@]1(O)[C]([C@H]2O[C@H](CO)[C@@H](O)[C@H](O)[C@H]2O)O[C@H](CO)[C@@H](O)[C@@H]1O. The Morgan fingerprint density at radius 3 is 1.96 bits per heavy atom. The average Bonchev–Trinajstić information content (AvgIpc) is 2.52. The van der Waals surface area contributed by atoms with Crippen LogP contribution in [0.2, 0.25) is 0 Å². The second-order valence-electron chi connectivity index (χ2n) is 5.71. The van der Waals surface area contributed by atoms with E-state index >= 15 is 0 Å². The highest BCUT2D eigenvalue weighted by molar-refractivity contribution is 5.17. The fourth-order valence-corrected chi connectivity index (χ4v) is 2.70. The highest BCUT2D eigenvalue weighted by Crippen LogP contribution is 2.39. The van der Waals surface area contributed by atoms with Gasteiger partial charge >= 0.3 is 0 Å². The molecular formula is C12H22NO10. The van der Waals surface area contributed by atoms with E-state index in [1.807, 2.05) is 0 Å². The van der Waals surface area contributed by atoms with E-state index in [0.717, 1.165) is 0 Å². The van der Waals surface area contributed by atoms with Gasteiger partial charge in [-0.3, -0.25) is 5.73 Å². The second-order valence-corrected chi connectivity index (χ2v) is 5.71. The monoisotopic (exact) mass is 340 g/mol. The van der Waals surface area contributed by atoms with Crippen molar-refractivity contribution in [3.63, 3.8) is 0 Å². The number of hydrogen-bond donors (Lipinski definition) is 9. The van der Waals surface area contributed by atoms with E-state index in [4.69, 9.17) is 25.4 Å². The topological polar surface area (TPSA) is 206 Å². The molecule has 0 unspecified atom stereocenters. The Balaban J connectivity index is 2.30. The van der Waals surface area contributed by atoms with E-state index in [1.54, 1.807) is 0 Å². The van der Waals surface area contributed by atoms with Gasteiger partial charge in [-0.2, -0.15) is 0 Å². The molecule has 2 aliphatic heterocycles. The number of rotatable bonds is 3. The zero-order chi connectivity index (χ0) is 17.5. The first-order chi connectivity index (χ1) is 10.7. The lowest BCUT2D eigenvalue weighted by molar-refractivity contribution is -0.289. The number of ether oxygens (including phenoxy) is 2. The molecular weight excluding hydrogens is 318 g/mol. The van der Waals surface area contributed by atoms with E-state index in [-0.39, 0.29) is 0 Å². The Bertz CT molecular complexity index is 407. The lowest BCUT2D eigenvalue weighted by atomic mass is 9.82. The molecule has 0 aliphatic carbocycles. The minimum absolute atomic E-state index is 0.647. The molecule has 9 atom stereocenters. The molecule has 23 heavy (non-hydrogen) atoms. The molecule has 135 valence electrons. The normalized spacial score (nSPS) is 52.6. The van der Waals surface area contributed by atoms with Crippen molar-refractivity contribution in [1.82, 2.24) is 0 Å². The van der Waals surface area contributed by atoms with E-state index in [1.165, 1.54) is 0 Å². The molecule has 2 saturated heterocycles. The smallest absolute Gasteiger partial charge is 0.178 e. The molecule has 2 heterocycles. The predicted octanol–water partition coefficient (Wildman–Crippen LogP) is -5.88. The van der Waals surface area contributed by atoms with Crippen LogP contribution in [0.3, 0.4) is 0 Å². The first-order valence-electron chi connectivity index (χ1n) is 6.99. The van der Waals surface area contributed by atoms with Gasteiger partial charge in [-0.1, -0.05) is 0 Å². The van der Waals surface area contributed by atoms with Gasteiger partial charge in [0.1, 0.15) is 48.8 Å². The van der Waals surface area contributed by atoms with Crippen LogP contribution in [-0.4, -0.2) is 109 Å². The van der Waals surface area contributed by atoms with Crippen molar-refractivity contribution >= 4 is 0 Å². The van der Waals surface area contributed by atoms with Crippen molar-refractivity contribution in [1.29, 1.82) is 0 Å². The van der Waals surface area contributed by atoms with E-state index in [0.29, 0.717) is 0 Å². The number of hydrogen-bond acceptors (Lipinski definition) is 11. The highest BCUT2D eigenvalue weighted by Gasteiger charge is 2.60. The zero-order valence-corrected chi connectivity index (χ0v) is 12.0. The maximum atomic E-state index is 10.2. The molecule has 1 radical (unpaired) electrons. The summed E-state index contributed by atoms with van der Waals surface area (Å²) in [6, 6.07) is 0. The van der Waals surface area contributed by atoms with Crippen molar-refractivity contribution in [2.45, 2.75) is 54.6 Å². The number of aliphatic hydroxyl groups is 8. The molecule has 0 amide bonds. The summed E-state index contributed by atoms with van der Waals surface area (Å²) >= 11 is 0. The van der Waals surface area contributed by atoms with Crippen molar-refractivity contribution in [3.8, 4) is 0 Å². The van der Waals surface area contributed by atoms with Crippen molar-refractivity contribution < 1.29 is 50.3 Å². The summed E-state index contributed by atoms with van der Waals surface area (Å²) in [7, 11) is 0. The molecule has 0 aromatic carbocycles. The Kier molecular flexibility index (Phi) is 5.60. The Morgan fingerprint density at radius 1 is 0.870 bits per heavy atom. The van der Waals surface area contributed by atoms with Gasteiger partial charge in [0, 0.05) is 0 Å². The van der Waals surface area contributed by atoms with Crippen LogP contribution < -0.4 is 5.73 Å². The Hall–Kier alpha value is -0.440. The molecule has 0 spiro atoms. The standard InChI is InChI=1S/C12H22NO10/c13-12(21)10(20)6(17)4(2-15)23-11(12)9-8(19)7(18)5(16)3(1-14)22-9/h3-10,14-21H,1-2,13H2/t3-,4-,5-,6-,7+,8-,9+,10+,12-/m1/s1. The lowest BCUT2D eigenvalue weighted by Crippen LogP contribution is -2.73. The number of aliphatic hydroxyl groups excluding tert-OH is 7. The van der Waals surface area contributed by atoms with Gasteiger partial charge in [-0.05, 0) is 0 Å². The van der Waals surface area contributed by atoms with Crippen LogP contribution in [0, 0.1) is 6.10 Å². The third-order valence-corrected chi connectivity index (χ3v) is 4.16. The van der Waals surface area contributed by atoms with Gasteiger partial charge in [0.15, 0.2) is 11.8 Å². The fourth-order valence-electron chi connectivity index (χ4n) is 2.70. The Labute approximate surface area is 131 Å². The molecule has 2 rings (SSSR count). The van der Waals surface area contributed by atoms with Crippen LogP contribution in [-0.2, 0) is 9.47 Å². The summed E-state index contributed by atoms with van der Waals surface area (Å²) in [5.41, 5.74) is 2.87. The molecule has 10 N–H and O–H groups in total. The van der Waals surface area contributed by atoms with Gasteiger partial charge in [0.25, 0.3) is 0 Å². The largest absolute Gasteiger partial charge is 0.394 e. The van der Waals surface area contributed by atoms with Crippen molar-refractivity contribution in [3.05, 3.63) is 6.10 Å². The predicted molar refractivity (Wildman–Crippen MR) is 70.1 cm³/mol. The van der Waals surface area contributed by atoms with Crippen LogP contribution in [0.25, 0.3) is 0 Å². The van der Waals surface area contributed by atoms with Crippen molar-refractivity contribution in [2.75, 3.05) is 13.2 Å². The summed E-state index contributed by atoms with van der Waals surface area (Å²) in [6.45, 7) is -1.46. The molecule has 0 saturated carbocycles. The van der Waals surface area contributed by atoms with E-state index in [9.17, 15) is 30.6 Å². The minimum Gasteiger partial charge on any atom is -0.394 e. The first-order valence-corrected chi connectivity index (χ1v) is 6.99. The van der Waals surface area contributed by atoms with Gasteiger partial charge in [0.05, 0.1) is 13.2 Å². The molecule has 2 aliphatic rings. The summed E-state index contributed by atoms with van der Waals surface area (Å²) in [5, 5.41) is 77.7. The van der Waals surface area contributed by atoms with Gasteiger partial charge < -0.3 is 50.3 Å². The maximum Gasteiger partial charge on any atom is 0.178 e. The maximum absolute atomic E-state index is 10.2. The van der Waals surface area contributed by atoms with Gasteiger partial charge in [-0.25, -0.2) is 0 Å². The zero-order valence-electron chi connectivity index (χ0n) is 12.0. The summed E-state index contributed by atoms with van der Waals surface area (Å²) in [5.74, 6) is 0. The van der Waals surface area contributed by atoms with Gasteiger partial charge in [-0.15, -0.1) is 0 Å². The van der Waals surface area contributed by atoms with Crippen molar-refractivity contribution in [2.24, 2.45) is 5.73 Å². The van der Waals surface area contributed by atoms with Crippen LogP contribution in [0.15, 0.2) is 0 Å². The number of nitrogens with two attached hydrogens (primary N) is 1. The van der Waals surface area contributed by atoms with E-state index < -0.39 is 73.9 Å². The van der Waals surface area contributed by atoms with Crippen LogP contribution >= 0.6 is 0 Å². The third kappa shape index (κ3) is 3.10. The van der Waals surface area contributed by atoms with Crippen LogP contribution in [0.4, 0.5) is 0 Å². The van der Waals surface area contributed by atoms with Crippen LogP contribution in [0.1, 0.15) is 0 Å². The molecule has 11 heteroatoms. The lowest BCUT2D eigenvalue weighted by Gasteiger charge is -2.51. The first kappa shape index (κ1) is 18.9. The van der Waals surface area contributed by atoms with Gasteiger partial charge in [0.2, 0.25) is 0 Å². The third-order valence-electron chi connectivity index (χ3n) is 4.16. The summed E-state index contributed by atoms with van der Waals surface area (Å²) in [6.07, 6.45) is -13.8. The van der Waals surface area contributed by atoms with Crippen LogP contribution in [0.5, 0.6) is 0 Å². The molecule has 11 nitrogen and oxygen atoms in total. The van der Waals surface area contributed by atoms with E-state index in [2.05, 4.69) is 0 Å². The quantitative estimate of drug-likeness (QED) is 0.221. The molecule has 0 aromatic rings. The molecule has 0 bridgehead atoms. The fraction of sp³-hybridized carbons (Fsp3) is 0.917. The second kappa shape index (κ2) is 6.82. The summed E-state index contributed by atoms with van der Waals surface area (Å²) in [4.78, 5) is 0.